The van der Waals surface area contributed by atoms with E-state index >= 15 is 0 Å². The highest BCUT2D eigenvalue weighted by molar-refractivity contribution is 9.10. The van der Waals surface area contributed by atoms with E-state index in [1.807, 2.05) is 24.3 Å². The number of fused-ring (bicyclic) bond motifs is 1. The number of carbonyl (C=O) groups excluding carboxylic acids is 1. The van der Waals surface area contributed by atoms with Gasteiger partial charge in [-0.2, -0.15) is 0 Å². The van der Waals surface area contributed by atoms with Crippen molar-refractivity contribution < 1.29 is 13.6 Å². The van der Waals surface area contributed by atoms with Crippen molar-refractivity contribution in [2.45, 2.75) is 44.7 Å². The van der Waals surface area contributed by atoms with Gasteiger partial charge < -0.3 is 5.32 Å². The summed E-state index contributed by atoms with van der Waals surface area (Å²) in [6.07, 6.45) is 2.82. The molecule has 1 amide bonds. The van der Waals surface area contributed by atoms with E-state index in [2.05, 4.69) is 31.2 Å². The molecule has 3 heterocycles. The molecule has 1 N–H and O–H groups in total. The predicted molar refractivity (Wildman–Crippen MR) is 140 cm³/mol. The summed E-state index contributed by atoms with van der Waals surface area (Å²) in [6.45, 7) is 0.549. The standard InChI is InChI=1S/C26H23BrClF2N5O2/c27-22-12-18(9-10-31-22)35-21-4-2-1-3-20(21)34(26(35)37)14-15-5-7-17(8-6-15)33-25(36)19-11-16(28)13-32-23(19)24(29)30/h1-4,9-13,15,17,24H,5-8,14H2,(H,33,36)/t15-,17-. The average molecular weight is 591 g/mol. The SMILES string of the molecule is O=C(N[C@H]1CC[C@H](Cn2c(=O)n(-c3ccnc(Br)c3)c3ccccc32)CC1)c1cc(Cl)cnc1C(F)F. The zero-order valence-electron chi connectivity index (χ0n) is 19.6. The number of nitrogens with zero attached hydrogens (tertiary/aromatic N) is 4. The van der Waals surface area contributed by atoms with Crippen LogP contribution >= 0.6 is 27.5 Å². The number of imidazole rings is 1. The first-order valence-electron chi connectivity index (χ1n) is 11.9. The van der Waals surface area contributed by atoms with Gasteiger partial charge in [-0.3, -0.25) is 18.9 Å². The molecule has 0 atom stereocenters. The fraction of sp³-hybridized carbons (Fsp3) is 0.308. The molecule has 192 valence electrons. The molecule has 3 aromatic heterocycles. The molecule has 37 heavy (non-hydrogen) atoms. The zero-order valence-corrected chi connectivity index (χ0v) is 21.9. The predicted octanol–water partition coefficient (Wildman–Crippen LogP) is 5.92. The Bertz CT molecular complexity index is 1510. The summed E-state index contributed by atoms with van der Waals surface area (Å²) in [5.41, 5.74) is 1.49. The lowest BCUT2D eigenvalue weighted by molar-refractivity contribution is 0.0904. The Morgan fingerprint density at radius 3 is 2.54 bits per heavy atom. The molecule has 0 bridgehead atoms. The van der Waals surface area contributed by atoms with E-state index in [0.717, 1.165) is 35.8 Å². The smallest absolute Gasteiger partial charge is 0.333 e. The van der Waals surface area contributed by atoms with Crippen molar-refractivity contribution in [1.82, 2.24) is 24.4 Å². The van der Waals surface area contributed by atoms with Crippen molar-refractivity contribution in [3.8, 4) is 5.69 Å². The number of halogens is 4. The Balaban J connectivity index is 1.30. The highest BCUT2D eigenvalue weighted by Gasteiger charge is 2.27. The van der Waals surface area contributed by atoms with Crippen molar-refractivity contribution in [1.29, 1.82) is 0 Å². The minimum Gasteiger partial charge on any atom is -0.349 e. The van der Waals surface area contributed by atoms with Crippen LogP contribution < -0.4 is 11.0 Å². The van der Waals surface area contributed by atoms with Gasteiger partial charge >= 0.3 is 5.69 Å². The van der Waals surface area contributed by atoms with E-state index in [9.17, 15) is 18.4 Å². The van der Waals surface area contributed by atoms with Gasteiger partial charge in [0, 0.05) is 25.0 Å². The van der Waals surface area contributed by atoms with Crippen LogP contribution in [0.5, 0.6) is 0 Å². The number of alkyl halides is 2. The van der Waals surface area contributed by atoms with Gasteiger partial charge in [0.05, 0.1) is 27.3 Å². The number of aromatic nitrogens is 4. The number of benzene rings is 1. The van der Waals surface area contributed by atoms with Crippen LogP contribution in [0.4, 0.5) is 8.78 Å². The topological polar surface area (TPSA) is 81.8 Å². The van der Waals surface area contributed by atoms with Crippen molar-refractivity contribution >= 4 is 44.5 Å². The lowest BCUT2D eigenvalue weighted by Gasteiger charge is -2.29. The second kappa shape index (κ2) is 10.7. The molecule has 7 nitrogen and oxygen atoms in total. The summed E-state index contributed by atoms with van der Waals surface area (Å²) < 4.78 is 30.8. The third-order valence-electron chi connectivity index (χ3n) is 6.76. The number of carbonyl (C=O) groups is 1. The number of amides is 1. The van der Waals surface area contributed by atoms with E-state index in [0.29, 0.717) is 24.0 Å². The number of pyridine rings is 2. The molecule has 0 unspecified atom stereocenters. The maximum atomic E-state index is 13.5. The Kier molecular flexibility index (Phi) is 7.39. The van der Waals surface area contributed by atoms with Gasteiger partial charge in [-0.05, 0) is 77.9 Å². The molecule has 5 rings (SSSR count). The van der Waals surface area contributed by atoms with Crippen molar-refractivity contribution in [3.63, 3.8) is 0 Å². The fourth-order valence-corrected chi connectivity index (χ4v) is 5.49. The van der Waals surface area contributed by atoms with E-state index in [1.54, 1.807) is 27.5 Å². The van der Waals surface area contributed by atoms with Crippen LogP contribution in [0.2, 0.25) is 5.02 Å². The van der Waals surface area contributed by atoms with Crippen molar-refractivity contribution in [2.75, 3.05) is 0 Å². The molecule has 1 saturated carbocycles. The van der Waals surface area contributed by atoms with E-state index in [-0.39, 0.29) is 28.2 Å². The largest absolute Gasteiger partial charge is 0.349 e. The molecular formula is C26H23BrClF2N5O2. The number of rotatable bonds is 6. The number of nitrogens with one attached hydrogen (secondary N) is 1. The Morgan fingerprint density at radius 2 is 1.84 bits per heavy atom. The summed E-state index contributed by atoms with van der Waals surface area (Å²) in [4.78, 5) is 34.0. The van der Waals surface area contributed by atoms with Gasteiger partial charge in [0.2, 0.25) is 0 Å². The van der Waals surface area contributed by atoms with E-state index < -0.39 is 18.0 Å². The quantitative estimate of drug-likeness (QED) is 0.283. The Labute approximate surface area is 224 Å². The second-order valence-electron chi connectivity index (χ2n) is 9.13. The first-order valence-corrected chi connectivity index (χ1v) is 13.1. The molecule has 0 radical (unpaired) electrons. The molecule has 0 saturated heterocycles. The third kappa shape index (κ3) is 5.31. The summed E-state index contributed by atoms with van der Waals surface area (Å²) >= 11 is 9.26. The molecular weight excluding hydrogens is 568 g/mol. The number of hydrogen-bond acceptors (Lipinski definition) is 4. The zero-order chi connectivity index (χ0) is 26.1. The van der Waals surface area contributed by atoms with E-state index in [1.165, 1.54) is 6.07 Å². The van der Waals surface area contributed by atoms with Crippen LogP contribution in [0.1, 0.15) is 48.2 Å². The molecule has 1 aliphatic carbocycles. The van der Waals surface area contributed by atoms with Crippen molar-refractivity contribution in [2.24, 2.45) is 5.92 Å². The summed E-state index contributed by atoms with van der Waals surface area (Å²) in [7, 11) is 0. The minimum absolute atomic E-state index is 0.122. The second-order valence-corrected chi connectivity index (χ2v) is 10.4. The van der Waals surface area contributed by atoms with Crippen LogP contribution in [0, 0.1) is 5.92 Å². The average Bonchev–Trinajstić information content (AvgIpc) is 3.16. The molecule has 11 heteroatoms. The normalized spacial score (nSPS) is 17.9. The first-order chi connectivity index (χ1) is 17.8. The van der Waals surface area contributed by atoms with Gasteiger partial charge in [0.1, 0.15) is 10.3 Å². The van der Waals surface area contributed by atoms with Crippen LogP contribution in [-0.4, -0.2) is 31.1 Å². The van der Waals surface area contributed by atoms with Crippen LogP contribution in [0.25, 0.3) is 16.7 Å². The fourth-order valence-electron chi connectivity index (χ4n) is 4.98. The summed E-state index contributed by atoms with van der Waals surface area (Å²) in [5, 5.41) is 2.99. The van der Waals surface area contributed by atoms with Gasteiger partial charge in [-0.15, -0.1) is 0 Å². The highest BCUT2D eigenvalue weighted by atomic mass is 79.9. The molecule has 1 fully saturated rings. The lowest BCUT2D eigenvalue weighted by Crippen LogP contribution is -2.39. The van der Waals surface area contributed by atoms with Gasteiger partial charge in [-0.1, -0.05) is 23.7 Å². The Hall–Kier alpha value is -3.11. The first kappa shape index (κ1) is 25.5. The maximum absolute atomic E-state index is 13.5. The number of hydrogen-bond donors (Lipinski definition) is 1. The van der Waals surface area contributed by atoms with E-state index in [4.69, 9.17) is 11.6 Å². The highest BCUT2D eigenvalue weighted by Crippen LogP contribution is 2.29. The molecule has 4 aromatic rings. The lowest BCUT2D eigenvalue weighted by atomic mass is 9.85. The third-order valence-corrected chi connectivity index (χ3v) is 7.40. The monoisotopic (exact) mass is 589 g/mol. The van der Waals surface area contributed by atoms with Crippen LogP contribution in [0.15, 0.2) is 64.3 Å². The van der Waals surface area contributed by atoms with Gasteiger partial charge in [0.15, 0.2) is 0 Å². The Morgan fingerprint density at radius 1 is 1.11 bits per heavy atom. The molecule has 1 aromatic carbocycles. The molecule has 1 aliphatic rings. The summed E-state index contributed by atoms with van der Waals surface area (Å²) in [5.74, 6) is -0.365. The maximum Gasteiger partial charge on any atom is 0.333 e. The molecule has 0 aliphatic heterocycles. The van der Waals surface area contributed by atoms with Gasteiger partial charge in [0.25, 0.3) is 12.3 Å². The van der Waals surface area contributed by atoms with Gasteiger partial charge in [-0.25, -0.2) is 18.6 Å². The number of para-hydroxylation sites is 2. The van der Waals surface area contributed by atoms with Crippen LogP contribution in [-0.2, 0) is 6.54 Å². The van der Waals surface area contributed by atoms with Crippen LogP contribution in [0.3, 0.4) is 0 Å². The minimum atomic E-state index is -2.87. The molecule has 0 spiro atoms. The van der Waals surface area contributed by atoms with Crippen molar-refractivity contribution in [3.05, 3.63) is 86.2 Å². The summed E-state index contributed by atoms with van der Waals surface area (Å²) in [6, 6.07) is 12.4.